The molecule has 16 heavy (non-hydrogen) atoms. The minimum absolute atomic E-state index is 0.105. The smallest absolute Gasteiger partial charge is 0.254 e. The van der Waals surface area contributed by atoms with Crippen LogP contribution in [0.4, 0.5) is 0 Å². The van der Waals surface area contributed by atoms with E-state index in [1.54, 1.807) is 6.92 Å². The first-order chi connectivity index (χ1) is 7.54. The first-order valence-electron chi connectivity index (χ1n) is 4.87. The van der Waals surface area contributed by atoms with Crippen LogP contribution in [-0.2, 0) is 19.1 Å². The van der Waals surface area contributed by atoms with Crippen molar-refractivity contribution < 1.29 is 19.1 Å². The van der Waals surface area contributed by atoms with E-state index in [2.05, 4.69) is 5.32 Å². The monoisotopic (exact) mass is 226 g/mol. The summed E-state index contributed by atoms with van der Waals surface area (Å²) in [5, 5.41) is 2.56. The van der Waals surface area contributed by atoms with Crippen LogP contribution in [0.5, 0.6) is 0 Å². The lowest BCUT2D eigenvalue weighted by molar-refractivity contribution is -0.141. The van der Waals surface area contributed by atoms with Crippen LogP contribution >= 0.6 is 0 Å². The van der Waals surface area contributed by atoms with Gasteiger partial charge in [0.2, 0.25) is 5.91 Å². The number of carbonyl (C=O) groups is 3. The summed E-state index contributed by atoms with van der Waals surface area (Å²) in [5.74, 6) is -1.30. The molecule has 1 aliphatic rings. The lowest BCUT2D eigenvalue weighted by Crippen LogP contribution is -2.42. The van der Waals surface area contributed by atoms with Gasteiger partial charge in [-0.25, -0.2) is 0 Å². The number of hydrogen-bond acceptors (Lipinski definition) is 4. The number of imide groups is 1. The molecule has 0 aromatic heterocycles. The SMILES string of the molecule is CO[C@@H](C)CNC(=O)CN1C(=O)C=CC1=O. The van der Waals surface area contributed by atoms with E-state index in [1.807, 2.05) is 0 Å². The van der Waals surface area contributed by atoms with Gasteiger partial charge in [-0.1, -0.05) is 0 Å². The van der Waals surface area contributed by atoms with Crippen molar-refractivity contribution in [1.82, 2.24) is 10.2 Å². The maximum Gasteiger partial charge on any atom is 0.254 e. The number of hydrogen-bond donors (Lipinski definition) is 1. The van der Waals surface area contributed by atoms with E-state index in [1.165, 1.54) is 7.11 Å². The third-order valence-electron chi connectivity index (χ3n) is 2.19. The first kappa shape index (κ1) is 12.4. The van der Waals surface area contributed by atoms with Crippen LogP contribution < -0.4 is 5.32 Å². The third-order valence-corrected chi connectivity index (χ3v) is 2.19. The lowest BCUT2D eigenvalue weighted by Gasteiger charge is -2.15. The molecule has 0 radical (unpaired) electrons. The molecule has 0 aromatic rings. The van der Waals surface area contributed by atoms with Gasteiger partial charge in [0.25, 0.3) is 11.8 Å². The van der Waals surface area contributed by atoms with Gasteiger partial charge in [0.05, 0.1) is 6.10 Å². The topological polar surface area (TPSA) is 75.7 Å². The molecule has 88 valence electrons. The summed E-state index contributed by atoms with van der Waals surface area (Å²) in [6.07, 6.45) is 2.19. The highest BCUT2D eigenvalue weighted by molar-refractivity contribution is 6.14. The Bertz CT molecular complexity index is 320. The number of nitrogens with one attached hydrogen (secondary N) is 1. The fourth-order valence-corrected chi connectivity index (χ4v) is 1.13. The number of rotatable bonds is 5. The van der Waals surface area contributed by atoms with Crippen LogP contribution in [-0.4, -0.2) is 48.9 Å². The van der Waals surface area contributed by atoms with Gasteiger partial charge in [0.1, 0.15) is 6.54 Å². The van der Waals surface area contributed by atoms with E-state index in [-0.39, 0.29) is 18.6 Å². The highest BCUT2D eigenvalue weighted by Gasteiger charge is 2.25. The molecule has 0 aliphatic carbocycles. The molecule has 1 atom stereocenters. The Morgan fingerprint density at radius 2 is 2.00 bits per heavy atom. The predicted molar refractivity (Wildman–Crippen MR) is 55.3 cm³/mol. The summed E-state index contributed by atoms with van der Waals surface area (Å²) in [6, 6.07) is 0. The molecule has 0 saturated heterocycles. The molecule has 1 heterocycles. The van der Waals surface area contributed by atoms with E-state index in [4.69, 9.17) is 4.74 Å². The summed E-state index contributed by atoms with van der Waals surface area (Å²) < 4.78 is 4.94. The van der Waals surface area contributed by atoms with Crippen molar-refractivity contribution in [3.8, 4) is 0 Å². The Labute approximate surface area is 93.2 Å². The number of amides is 3. The molecule has 1 N–H and O–H groups in total. The molecule has 0 spiro atoms. The van der Waals surface area contributed by atoms with Crippen molar-refractivity contribution in [1.29, 1.82) is 0 Å². The highest BCUT2D eigenvalue weighted by atomic mass is 16.5. The summed E-state index contributed by atoms with van der Waals surface area (Å²) in [6.45, 7) is 1.90. The Hall–Kier alpha value is -1.69. The normalized spacial score (nSPS) is 16.8. The van der Waals surface area contributed by atoms with Gasteiger partial charge in [-0.3, -0.25) is 19.3 Å². The zero-order chi connectivity index (χ0) is 12.1. The summed E-state index contributed by atoms with van der Waals surface area (Å²) in [7, 11) is 1.54. The quantitative estimate of drug-likeness (QED) is 0.614. The maximum atomic E-state index is 11.4. The molecule has 0 fully saturated rings. The van der Waals surface area contributed by atoms with Crippen molar-refractivity contribution >= 4 is 17.7 Å². The zero-order valence-corrected chi connectivity index (χ0v) is 9.23. The van der Waals surface area contributed by atoms with Crippen LogP contribution in [0.25, 0.3) is 0 Å². The van der Waals surface area contributed by atoms with Gasteiger partial charge >= 0.3 is 0 Å². The van der Waals surface area contributed by atoms with Gasteiger partial charge in [0, 0.05) is 25.8 Å². The second-order valence-corrected chi connectivity index (χ2v) is 3.45. The fourth-order valence-electron chi connectivity index (χ4n) is 1.13. The molecule has 1 aliphatic heterocycles. The van der Waals surface area contributed by atoms with E-state index >= 15 is 0 Å². The largest absolute Gasteiger partial charge is 0.380 e. The molecule has 0 bridgehead atoms. The van der Waals surface area contributed by atoms with Crippen molar-refractivity contribution in [2.24, 2.45) is 0 Å². The second-order valence-electron chi connectivity index (χ2n) is 3.45. The zero-order valence-electron chi connectivity index (χ0n) is 9.23. The predicted octanol–water partition coefficient (Wildman–Crippen LogP) is -0.937. The molecular formula is C10H14N2O4. The van der Waals surface area contributed by atoms with Gasteiger partial charge in [-0.2, -0.15) is 0 Å². The van der Waals surface area contributed by atoms with Crippen molar-refractivity contribution in [2.45, 2.75) is 13.0 Å². The first-order valence-corrected chi connectivity index (χ1v) is 4.87. The molecule has 0 aromatic carbocycles. The van der Waals surface area contributed by atoms with Crippen molar-refractivity contribution in [2.75, 3.05) is 20.2 Å². The van der Waals surface area contributed by atoms with Gasteiger partial charge in [-0.05, 0) is 6.92 Å². The second kappa shape index (κ2) is 5.41. The summed E-state index contributed by atoms with van der Waals surface area (Å²) in [5.41, 5.74) is 0. The molecule has 0 saturated carbocycles. The fraction of sp³-hybridized carbons (Fsp3) is 0.500. The number of nitrogens with zero attached hydrogens (tertiary/aromatic N) is 1. The van der Waals surface area contributed by atoms with E-state index in [0.717, 1.165) is 17.1 Å². The van der Waals surface area contributed by atoms with Gasteiger partial charge in [0.15, 0.2) is 0 Å². The average molecular weight is 226 g/mol. The molecule has 0 unspecified atom stereocenters. The summed E-state index contributed by atoms with van der Waals surface area (Å²) >= 11 is 0. The van der Waals surface area contributed by atoms with Crippen LogP contribution in [0.2, 0.25) is 0 Å². The molecule has 6 nitrogen and oxygen atoms in total. The van der Waals surface area contributed by atoms with E-state index in [0.29, 0.717) is 6.54 Å². The maximum absolute atomic E-state index is 11.4. The Kier molecular flexibility index (Phi) is 4.19. The van der Waals surface area contributed by atoms with Crippen LogP contribution in [0, 0.1) is 0 Å². The lowest BCUT2D eigenvalue weighted by atomic mass is 10.4. The number of methoxy groups -OCH3 is 1. The minimum atomic E-state index is -0.458. The van der Waals surface area contributed by atoms with Crippen LogP contribution in [0.1, 0.15) is 6.92 Å². The van der Waals surface area contributed by atoms with Crippen LogP contribution in [0.15, 0.2) is 12.2 Å². The number of carbonyl (C=O) groups excluding carboxylic acids is 3. The van der Waals surface area contributed by atoms with Gasteiger partial charge in [-0.15, -0.1) is 0 Å². The molecular weight excluding hydrogens is 212 g/mol. The van der Waals surface area contributed by atoms with Crippen molar-refractivity contribution in [3.05, 3.63) is 12.2 Å². The standard InChI is InChI=1S/C10H14N2O4/c1-7(16-2)5-11-8(13)6-12-9(14)3-4-10(12)15/h3-4,7H,5-6H2,1-2H3,(H,11,13)/t7-/m0/s1. The van der Waals surface area contributed by atoms with Crippen molar-refractivity contribution in [3.63, 3.8) is 0 Å². The third kappa shape index (κ3) is 3.16. The Morgan fingerprint density at radius 1 is 1.44 bits per heavy atom. The minimum Gasteiger partial charge on any atom is -0.380 e. The molecule has 3 amide bonds. The molecule has 1 rings (SSSR count). The Morgan fingerprint density at radius 3 is 2.50 bits per heavy atom. The average Bonchev–Trinajstić information content (AvgIpc) is 2.57. The van der Waals surface area contributed by atoms with E-state index < -0.39 is 11.8 Å². The van der Waals surface area contributed by atoms with E-state index in [9.17, 15) is 14.4 Å². The van der Waals surface area contributed by atoms with Gasteiger partial charge < -0.3 is 10.1 Å². The number of ether oxygens (including phenoxy) is 1. The Balaban J connectivity index is 2.35. The highest BCUT2D eigenvalue weighted by Crippen LogP contribution is 2.02. The summed E-state index contributed by atoms with van der Waals surface area (Å²) in [4.78, 5) is 34.5. The van der Waals surface area contributed by atoms with Crippen LogP contribution in [0.3, 0.4) is 0 Å². The molecule has 6 heteroatoms.